The monoisotopic (exact) mass is 467 g/mol. The molecule has 2 atom stereocenters. The summed E-state index contributed by atoms with van der Waals surface area (Å²) in [5.74, 6) is 1.27. The normalized spacial score (nSPS) is 22.2. The third-order valence-corrected chi connectivity index (χ3v) is 8.71. The molecule has 2 aliphatic heterocycles. The van der Waals surface area contributed by atoms with Crippen LogP contribution in [0.4, 0.5) is 10.5 Å². The Balaban J connectivity index is 1.68. The number of anilines is 1. The smallest absolute Gasteiger partial charge is 0.414 e. The number of carbonyl (C=O) groups is 1. The van der Waals surface area contributed by atoms with Gasteiger partial charge in [-0.3, -0.25) is 4.90 Å². The molecule has 0 unspecified atom stereocenters. The first-order chi connectivity index (χ1) is 15.9. The lowest BCUT2D eigenvalue weighted by atomic mass is 9.95. The standard InChI is InChI=1S/C25H29N3O4S/c1-17-10-11-20-21(27(17)25(29)32-2)12-13-22-24(20)26-23(15-18-7-4-3-5-8-18)28(22)19-9-6-14-33(30,31)16-19/h3-5,7-8,12-13,17,19H,6,9-11,14-16H2,1-2H3/t17-,19-/m0/s1. The Labute approximate surface area is 194 Å². The first-order valence-electron chi connectivity index (χ1n) is 11.5. The Morgan fingerprint density at radius 2 is 1.94 bits per heavy atom. The first-order valence-corrected chi connectivity index (χ1v) is 13.3. The van der Waals surface area contributed by atoms with E-state index >= 15 is 0 Å². The van der Waals surface area contributed by atoms with Gasteiger partial charge in [-0.25, -0.2) is 18.2 Å². The second-order valence-corrected chi connectivity index (χ2v) is 11.4. The molecule has 174 valence electrons. The summed E-state index contributed by atoms with van der Waals surface area (Å²) >= 11 is 0. The fourth-order valence-electron chi connectivity index (χ4n) is 5.34. The Kier molecular flexibility index (Phi) is 5.64. The van der Waals surface area contributed by atoms with Crippen LogP contribution in [0.5, 0.6) is 0 Å². The van der Waals surface area contributed by atoms with Crippen molar-refractivity contribution in [1.82, 2.24) is 9.55 Å². The zero-order valence-corrected chi connectivity index (χ0v) is 19.8. The molecule has 3 aromatic rings. The van der Waals surface area contributed by atoms with Gasteiger partial charge in [-0.1, -0.05) is 30.3 Å². The lowest BCUT2D eigenvalue weighted by Gasteiger charge is -2.34. The first kappa shape index (κ1) is 21.9. The number of aryl methyl sites for hydroxylation is 1. The van der Waals surface area contributed by atoms with Crippen LogP contribution in [0.25, 0.3) is 11.0 Å². The van der Waals surface area contributed by atoms with Crippen LogP contribution in [0.1, 0.15) is 49.2 Å². The van der Waals surface area contributed by atoms with Crippen LogP contribution in [0.3, 0.4) is 0 Å². The minimum atomic E-state index is -3.08. The van der Waals surface area contributed by atoms with Crippen LogP contribution in [0, 0.1) is 0 Å². The third kappa shape index (κ3) is 4.01. The Hall–Kier alpha value is -2.87. The number of benzene rings is 2. The van der Waals surface area contributed by atoms with Gasteiger partial charge in [0.2, 0.25) is 0 Å². The van der Waals surface area contributed by atoms with Gasteiger partial charge < -0.3 is 9.30 Å². The molecule has 1 saturated heterocycles. The van der Waals surface area contributed by atoms with Gasteiger partial charge in [0.1, 0.15) is 5.82 Å². The molecular formula is C25H29N3O4S. The van der Waals surface area contributed by atoms with Gasteiger partial charge in [0.05, 0.1) is 35.3 Å². The van der Waals surface area contributed by atoms with Gasteiger partial charge in [0.15, 0.2) is 9.84 Å². The average molecular weight is 468 g/mol. The van der Waals surface area contributed by atoms with Crippen molar-refractivity contribution >= 4 is 32.7 Å². The molecule has 2 aromatic carbocycles. The van der Waals surface area contributed by atoms with Crippen molar-refractivity contribution in [2.45, 2.75) is 51.1 Å². The van der Waals surface area contributed by atoms with E-state index in [-0.39, 0.29) is 29.7 Å². The summed E-state index contributed by atoms with van der Waals surface area (Å²) in [6, 6.07) is 14.0. The van der Waals surface area contributed by atoms with Gasteiger partial charge in [0, 0.05) is 24.1 Å². The van der Waals surface area contributed by atoms with Crippen molar-refractivity contribution in [3.05, 3.63) is 59.4 Å². The molecule has 3 heterocycles. The van der Waals surface area contributed by atoms with Gasteiger partial charge in [0.25, 0.3) is 0 Å². The predicted molar refractivity (Wildman–Crippen MR) is 129 cm³/mol. The molecule has 0 N–H and O–H groups in total. The average Bonchev–Trinajstić information content (AvgIpc) is 3.16. The van der Waals surface area contributed by atoms with E-state index in [4.69, 9.17) is 9.72 Å². The summed E-state index contributed by atoms with van der Waals surface area (Å²) < 4.78 is 32.2. The topological polar surface area (TPSA) is 81.5 Å². The van der Waals surface area contributed by atoms with E-state index in [9.17, 15) is 13.2 Å². The van der Waals surface area contributed by atoms with Crippen LogP contribution in [-0.2, 0) is 27.4 Å². The van der Waals surface area contributed by atoms with Crippen LogP contribution in [0.2, 0.25) is 0 Å². The number of methoxy groups -OCH3 is 1. The Bertz CT molecular complexity index is 1300. The number of sulfone groups is 1. The molecule has 0 saturated carbocycles. The molecule has 0 aliphatic carbocycles. The number of imidazole rings is 1. The summed E-state index contributed by atoms with van der Waals surface area (Å²) in [6.45, 7) is 2.02. The van der Waals surface area contributed by atoms with Crippen molar-refractivity contribution in [3.8, 4) is 0 Å². The van der Waals surface area contributed by atoms with Gasteiger partial charge in [-0.15, -0.1) is 0 Å². The molecule has 7 nitrogen and oxygen atoms in total. The summed E-state index contributed by atoms with van der Waals surface area (Å²) in [5.41, 5.74) is 4.80. The summed E-state index contributed by atoms with van der Waals surface area (Å²) in [7, 11) is -1.68. The third-order valence-electron chi connectivity index (χ3n) is 6.91. The maximum atomic E-state index is 12.5. The quantitative estimate of drug-likeness (QED) is 0.574. The highest BCUT2D eigenvalue weighted by atomic mass is 32.2. The molecule has 1 fully saturated rings. The summed E-state index contributed by atoms with van der Waals surface area (Å²) in [5, 5.41) is 0. The van der Waals surface area contributed by atoms with Crippen molar-refractivity contribution < 1.29 is 17.9 Å². The van der Waals surface area contributed by atoms with Crippen LogP contribution in [0.15, 0.2) is 42.5 Å². The molecule has 8 heteroatoms. The molecule has 1 amide bonds. The number of ether oxygens (including phenoxy) is 1. The molecule has 1 aromatic heterocycles. The Morgan fingerprint density at radius 3 is 2.67 bits per heavy atom. The molecule has 2 aliphatic rings. The molecule has 0 bridgehead atoms. The summed E-state index contributed by atoms with van der Waals surface area (Å²) in [4.78, 5) is 19.3. The number of hydrogen-bond acceptors (Lipinski definition) is 5. The number of carbonyl (C=O) groups excluding carboxylic acids is 1. The minimum Gasteiger partial charge on any atom is -0.452 e. The van der Waals surface area contributed by atoms with E-state index in [1.54, 1.807) is 4.90 Å². The lowest BCUT2D eigenvalue weighted by molar-refractivity contribution is 0.175. The van der Waals surface area contributed by atoms with E-state index in [0.717, 1.165) is 52.9 Å². The number of nitrogens with zero attached hydrogens (tertiary/aromatic N) is 3. The highest BCUT2D eigenvalue weighted by Crippen LogP contribution is 2.38. The maximum absolute atomic E-state index is 12.5. The minimum absolute atomic E-state index is 0.0387. The van der Waals surface area contributed by atoms with E-state index in [1.807, 2.05) is 37.3 Å². The zero-order chi connectivity index (χ0) is 23.2. The number of amides is 1. The second kappa shape index (κ2) is 8.48. The molecule has 0 radical (unpaired) electrons. The van der Waals surface area contributed by atoms with Crippen LogP contribution in [-0.4, -0.2) is 48.7 Å². The van der Waals surface area contributed by atoms with E-state index in [2.05, 4.69) is 16.7 Å². The van der Waals surface area contributed by atoms with Crippen molar-refractivity contribution in [2.75, 3.05) is 23.5 Å². The largest absolute Gasteiger partial charge is 0.452 e. The lowest BCUT2D eigenvalue weighted by Crippen LogP contribution is -2.42. The number of rotatable bonds is 3. The fourth-order valence-corrected chi connectivity index (χ4v) is 7.01. The zero-order valence-electron chi connectivity index (χ0n) is 19.0. The number of hydrogen-bond donors (Lipinski definition) is 0. The van der Waals surface area contributed by atoms with Crippen molar-refractivity contribution in [2.24, 2.45) is 0 Å². The number of aromatic nitrogens is 2. The molecule has 5 rings (SSSR count). The van der Waals surface area contributed by atoms with E-state index < -0.39 is 9.84 Å². The van der Waals surface area contributed by atoms with Crippen molar-refractivity contribution in [1.29, 1.82) is 0 Å². The summed E-state index contributed by atoms with van der Waals surface area (Å²) in [6.07, 6.45) is 3.36. The van der Waals surface area contributed by atoms with Crippen LogP contribution < -0.4 is 4.90 Å². The van der Waals surface area contributed by atoms with Crippen LogP contribution >= 0.6 is 0 Å². The highest BCUT2D eigenvalue weighted by molar-refractivity contribution is 7.91. The van der Waals surface area contributed by atoms with Gasteiger partial charge in [-0.2, -0.15) is 0 Å². The predicted octanol–water partition coefficient (Wildman–Crippen LogP) is 4.28. The Morgan fingerprint density at radius 1 is 1.15 bits per heavy atom. The number of fused-ring (bicyclic) bond motifs is 3. The van der Waals surface area contributed by atoms with Gasteiger partial charge in [-0.05, 0) is 50.3 Å². The van der Waals surface area contributed by atoms with Crippen molar-refractivity contribution in [3.63, 3.8) is 0 Å². The second-order valence-electron chi connectivity index (χ2n) is 9.13. The SMILES string of the molecule is COC(=O)N1c2ccc3c(nc(Cc4ccccc4)n3[C@H]3CCCS(=O)(=O)C3)c2CC[C@@H]1C. The maximum Gasteiger partial charge on any atom is 0.414 e. The molecule has 33 heavy (non-hydrogen) atoms. The molecule has 0 spiro atoms. The van der Waals surface area contributed by atoms with E-state index in [1.165, 1.54) is 7.11 Å². The van der Waals surface area contributed by atoms with E-state index in [0.29, 0.717) is 12.8 Å². The van der Waals surface area contributed by atoms with Gasteiger partial charge >= 0.3 is 6.09 Å². The molecular weight excluding hydrogens is 438 g/mol. The highest BCUT2D eigenvalue weighted by Gasteiger charge is 2.33. The fraction of sp³-hybridized carbons (Fsp3) is 0.440.